The molecule has 0 spiro atoms. The standard InChI is InChI=1S/C12H14BrFO2/c13-10-1-2-11(14)9(5-10)6-12(7-15)3-4-16-8-12/h1-2,5,15H,3-4,6-8H2. The summed E-state index contributed by atoms with van der Waals surface area (Å²) in [7, 11) is 0. The van der Waals surface area contributed by atoms with E-state index in [4.69, 9.17) is 4.74 Å². The van der Waals surface area contributed by atoms with E-state index in [0.29, 0.717) is 25.2 Å². The van der Waals surface area contributed by atoms with E-state index in [1.54, 1.807) is 12.1 Å². The van der Waals surface area contributed by atoms with Crippen molar-refractivity contribution in [3.05, 3.63) is 34.1 Å². The van der Waals surface area contributed by atoms with Crippen molar-refractivity contribution < 1.29 is 14.2 Å². The second kappa shape index (κ2) is 4.82. The van der Waals surface area contributed by atoms with Crippen LogP contribution in [0.25, 0.3) is 0 Å². The lowest BCUT2D eigenvalue weighted by molar-refractivity contribution is 0.0928. The van der Waals surface area contributed by atoms with Crippen LogP contribution in [0.2, 0.25) is 0 Å². The molecule has 0 bridgehead atoms. The molecule has 1 aromatic rings. The van der Waals surface area contributed by atoms with Crippen LogP contribution in [0.3, 0.4) is 0 Å². The Morgan fingerprint density at radius 1 is 1.50 bits per heavy atom. The van der Waals surface area contributed by atoms with E-state index in [1.807, 2.05) is 0 Å². The number of hydrogen-bond donors (Lipinski definition) is 1. The highest BCUT2D eigenvalue weighted by Crippen LogP contribution is 2.33. The molecule has 0 aliphatic carbocycles. The Bertz CT molecular complexity index is 375. The van der Waals surface area contributed by atoms with Crippen LogP contribution < -0.4 is 0 Å². The highest BCUT2D eigenvalue weighted by molar-refractivity contribution is 9.10. The highest BCUT2D eigenvalue weighted by Gasteiger charge is 2.35. The molecule has 1 aliphatic heterocycles. The van der Waals surface area contributed by atoms with E-state index in [1.165, 1.54) is 6.07 Å². The number of halogens is 2. The smallest absolute Gasteiger partial charge is 0.126 e. The monoisotopic (exact) mass is 288 g/mol. The van der Waals surface area contributed by atoms with Crippen LogP contribution >= 0.6 is 15.9 Å². The molecule has 4 heteroatoms. The van der Waals surface area contributed by atoms with Crippen LogP contribution in [0.15, 0.2) is 22.7 Å². The summed E-state index contributed by atoms with van der Waals surface area (Å²) in [5.41, 5.74) is 0.329. The van der Waals surface area contributed by atoms with Crippen molar-refractivity contribution >= 4 is 15.9 Å². The molecule has 1 atom stereocenters. The minimum atomic E-state index is -0.304. The zero-order chi connectivity index (χ0) is 11.6. The Kier molecular flexibility index (Phi) is 3.62. The molecule has 88 valence electrons. The predicted octanol–water partition coefficient (Wildman–Crippen LogP) is 2.53. The largest absolute Gasteiger partial charge is 0.396 e. The third-order valence-corrected chi connectivity index (χ3v) is 3.59. The van der Waals surface area contributed by atoms with Gasteiger partial charge < -0.3 is 9.84 Å². The Labute approximate surface area is 103 Å². The average Bonchev–Trinajstić information content (AvgIpc) is 2.73. The summed E-state index contributed by atoms with van der Waals surface area (Å²) >= 11 is 3.32. The summed E-state index contributed by atoms with van der Waals surface area (Å²) in [5, 5.41) is 9.42. The summed E-state index contributed by atoms with van der Waals surface area (Å²) in [6.45, 7) is 1.20. The summed E-state index contributed by atoms with van der Waals surface area (Å²) in [6.07, 6.45) is 1.31. The fourth-order valence-electron chi connectivity index (χ4n) is 2.05. The normalized spacial score (nSPS) is 24.9. The van der Waals surface area contributed by atoms with Crippen LogP contribution in [0, 0.1) is 11.2 Å². The molecule has 1 unspecified atom stereocenters. The average molecular weight is 289 g/mol. The molecule has 0 radical (unpaired) electrons. The fraction of sp³-hybridized carbons (Fsp3) is 0.500. The summed E-state index contributed by atoms with van der Waals surface area (Å²) < 4.78 is 19.7. The fourth-order valence-corrected chi connectivity index (χ4v) is 2.46. The molecule has 16 heavy (non-hydrogen) atoms. The molecule has 1 aliphatic rings. The first-order valence-corrected chi connectivity index (χ1v) is 6.07. The Morgan fingerprint density at radius 2 is 2.31 bits per heavy atom. The van der Waals surface area contributed by atoms with Gasteiger partial charge in [0.2, 0.25) is 0 Å². The van der Waals surface area contributed by atoms with E-state index < -0.39 is 0 Å². The lowest BCUT2D eigenvalue weighted by Crippen LogP contribution is -2.28. The SMILES string of the molecule is OCC1(Cc2cc(Br)ccc2F)CCOC1. The van der Waals surface area contributed by atoms with Crippen molar-refractivity contribution in [2.45, 2.75) is 12.8 Å². The lowest BCUT2D eigenvalue weighted by Gasteiger charge is -2.24. The van der Waals surface area contributed by atoms with Gasteiger partial charge in [0.15, 0.2) is 0 Å². The lowest BCUT2D eigenvalue weighted by atomic mass is 9.82. The van der Waals surface area contributed by atoms with E-state index in [-0.39, 0.29) is 17.8 Å². The van der Waals surface area contributed by atoms with Crippen molar-refractivity contribution in [1.82, 2.24) is 0 Å². The van der Waals surface area contributed by atoms with Gasteiger partial charge in [0.1, 0.15) is 5.82 Å². The third kappa shape index (κ3) is 2.44. The molecule has 1 heterocycles. The molecule has 0 amide bonds. The van der Waals surface area contributed by atoms with Crippen LogP contribution in [0.5, 0.6) is 0 Å². The molecule has 1 fully saturated rings. The molecular formula is C12H14BrFO2. The number of aliphatic hydroxyl groups excluding tert-OH is 1. The van der Waals surface area contributed by atoms with Gasteiger partial charge in [-0.25, -0.2) is 4.39 Å². The van der Waals surface area contributed by atoms with Gasteiger partial charge in [-0.2, -0.15) is 0 Å². The maximum atomic E-state index is 13.6. The Morgan fingerprint density at radius 3 is 2.94 bits per heavy atom. The van der Waals surface area contributed by atoms with Crippen LogP contribution in [-0.2, 0) is 11.2 Å². The van der Waals surface area contributed by atoms with Gasteiger partial charge in [-0.15, -0.1) is 0 Å². The van der Waals surface area contributed by atoms with Crippen LogP contribution in [-0.4, -0.2) is 24.9 Å². The zero-order valence-electron chi connectivity index (χ0n) is 8.88. The minimum Gasteiger partial charge on any atom is -0.396 e. The predicted molar refractivity (Wildman–Crippen MR) is 62.8 cm³/mol. The molecule has 2 rings (SSSR count). The molecule has 2 nitrogen and oxygen atoms in total. The van der Waals surface area contributed by atoms with Gasteiger partial charge in [-0.05, 0) is 36.6 Å². The zero-order valence-corrected chi connectivity index (χ0v) is 10.5. The molecule has 0 aromatic heterocycles. The van der Waals surface area contributed by atoms with E-state index in [9.17, 15) is 9.50 Å². The Hall–Kier alpha value is -0.450. The maximum absolute atomic E-state index is 13.6. The van der Waals surface area contributed by atoms with E-state index in [2.05, 4.69) is 15.9 Å². The first kappa shape index (κ1) is 12.0. The van der Waals surface area contributed by atoms with Gasteiger partial charge in [0.05, 0.1) is 13.2 Å². The van der Waals surface area contributed by atoms with Gasteiger partial charge in [0.25, 0.3) is 0 Å². The number of ether oxygens (including phenoxy) is 1. The number of rotatable bonds is 3. The summed E-state index contributed by atoms with van der Waals surface area (Å²) in [6, 6.07) is 4.89. The molecule has 0 saturated carbocycles. The minimum absolute atomic E-state index is 0.0406. The van der Waals surface area contributed by atoms with Crippen molar-refractivity contribution in [2.75, 3.05) is 19.8 Å². The van der Waals surface area contributed by atoms with Crippen molar-refractivity contribution in [2.24, 2.45) is 5.41 Å². The number of benzene rings is 1. The Balaban J connectivity index is 2.21. The van der Waals surface area contributed by atoms with E-state index >= 15 is 0 Å². The third-order valence-electron chi connectivity index (χ3n) is 3.09. The second-order valence-electron chi connectivity index (χ2n) is 4.37. The summed E-state index contributed by atoms with van der Waals surface area (Å²) in [4.78, 5) is 0. The molecule has 1 saturated heterocycles. The van der Waals surface area contributed by atoms with Gasteiger partial charge in [0, 0.05) is 16.5 Å². The second-order valence-corrected chi connectivity index (χ2v) is 5.29. The topological polar surface area (TPSA) is 29.5 Å². The molecular weight excluding hydrogens is 275 g/mol. The van der Waals surface area contributed by atoms with Crippen molar-refractivity contribution in [1.29, 1.82) is 0 Å². The quantitative estimate of drug-likeness (QED) is 0.926. The summed E-state index contributed by atoms with van der Waals surface area (Å²) in [5.74, 6) is -0.220. The van der Waals surface area contributed by atoms with Crippen LogP contribution in [0.4, 0.5) is 4.39 Å². The maximum Gasteiger partial charge on any atom is 0.126 e. The first-order chi connectivity index (χ1) is 7.65. The number of hydrogen-bond acceptors (Lipinski definition) is 2. The van der Waals surface area contributed by atoms with E-state index in [0.717, 1.165) is 10.9 Å². The first-order valence-electron chi connectivity index (χ1n) is 5.28. The number of aliphatic hydroxyl groups is 1. The molecule has 1 aromatic carbocycles. The van der Waals surface area contributed by atoms with Crippen molar-refractivity contribution in [3.63, 3.8) is 0 Å². The van der Waals surface area contributed by atoms with Gasteiger partial charge in [-0.1, -0.05) is 15.9 Å². The van der Waals surface area contributed by atoms with Gasteiger partial charge in [-0.3, -0.25) is 0 Å². The highest BCUT2D eigenvalue weighted by atomic mass is 79.9. The van der Waals surface area contributed by atoms with Gasteiger partial charge >= 0.3 is 0 Å². The van der Waals surface area contributed by atoms with Crippen molar-refractivity contribution in [3.8, 4) is 0 Å². The van der Waals surface area contributed by atoms with Crippen LogP contribution in [0.1, 0.15) is 12.0 Å². The molecule has 1 N–H and O–H groups in total.